The highest BCUT2D eigenvalue weighted by molar-refractivity contribution is 7.11. The van der Waals surface area contributed by atoms with Gasteiger partial charge in [-0.05, 0) is 20.8 Å². The third kappa shape index (κ3) is 7.75. The van der Waals surface area contributed by atoms with E-state index in [0.29, 0.717) is 18.2 Å². The monoisotopic (exact) mass is 326 g/mol. The van der Waals surface area contributed by atoms with Gasteiger partial charge < -0.3 is 14.8 Å². The van der Waals surface area contributed by atoms with Crippen LogP contribution in [0.2, 0.25) is 0 Å². The fourth-order valence-electron chi connectivity index (χ4n) is 1.49. The minimum absolute atomic E-state index is 0.0543. The number of nitrogens with one attached hydrogen (secondary N) is 1. The number of hydrogen-bond acceptors (Lipinski definition) is 5. The second-order valence-electron chi connectivity index (χ2n) is 5.62. The van der Waals surface area contributed by atoms with E-state index in [1.807, 2.05) is 20.8 Å². The summed E-state index contributed by atoms with van der Waals surface area (Å²) in [5, 5.41) is 3.85. The molecule has 0 atom stereocenters. The predicted molar refractivity (Wildman–Crippen MR) is 75.1 cm³/mol. The second-order valence-corrected chi connectivity index (χ2v) is 6.79. The van der Waals surface area contributed by atoms with Crippen LogP contribution < -0.4 is 5.32 Å². The maximum Gasteiger partial charge on any atom is 0.411 e. The molecule has 8 heteroatoms. The van der Waals surface area contributed by atoms with E-state index in [-0.39, 0.29) is 12.1 Å². The first-order valence-corrected chi connectivity index (χ1v) is 7.28. The van der Waals surface area contributed by atoms with E-state index in [9.17, 15) is 13.2 Å². The largest absolute Gasteiger partial charge is 0.411 e. The third-order valence-corrected chi connectivity index (χ3v) is 3.45. The number of halogens is 3. The van der Waals surface area contributed by atoms with Crippen molar-refractivity contribution in [2.24, 2.45) is 0 Å². The molecule has 0 spiro atoms. The number of alkyl halides is 3. The van der Waals surface area contributed by atoms with E-state index in [1.54, 1.807) is 7.11 Å². The van der Waals surface area contributed by atoms with Gasteiger partial charge in [0.25, 0.3) is 0 Å². The summed E-state index contributed by atoms with van der Waals surface area (Å²) in [4.78, 5) is 5.24. The van der Waals surface area contributed by atoms with Gasteiger partial charge in [0, 0.05) is 24.1 Å². The zero-order valence-corrected chi connectivity index (χ0v) is 13.5. The van der Waals surface area contributed by atoms with Crippen LogP contribution >= 0.6 is 11.3 Å². The summed E-state index contributed by atoms with van der Waals surface area (Å²) in [6, 6.07) is 0. The summed E-state index contributed by atoms with van der Waals surface area (Å²) in [6.45, 7) is 5.64. The first-order chi connectivity index (χ1) is 9.61. The van der Waals surface area contributed by atoms with Crippen molar-refractivity contribution in [2.45, 2.75) is 52.2 Å². The molecule has 0 bridgehead atoms. The molecule has 1 N–H and O–H groups in total. The molecule has 21 heavy (non-hydrogen) atoms. The molecule has 0 unspecified atom stereocenters. The average molecular weight is 326 g/mol. The summed E-state index contributed by atoms with van der Waals surface area (Å²) in [7, 11) is 1.56. The van der Waals surface area contributed by atoms with E-state index in [2.05, 4.69) is 15.0 Å². The van der Waals surface area contributed by atoms with E-state index < -0.39 is 12.8 Å². The van der Waals surface area contributed by atoms with Gasteiger partial charge in [0.2, 0.25) is 0 Å². The first-order valence-electron chi connectivity index (χ1n) is 6.46. The highest BCUT2D eigenvalue weighted by Gasteiger charge is 2.27. The van der Waals surface area contributed by atoms with Crippen LogP contribution in [0.15, 0.2) is 0 Å². The lowest BCUT2D eigenvalue weighted by atomic mass is 10.1. The Balaban J connectivity index is 2.65. The predicted octanol–water partition coefficient (Wildman–Crippen LogP) is 3.26. The lowest BCUT2D eigenvalue weighted by Gasteiger charge is -2.20. The summed E-state index contributed by atoms with van der Waals surface area (Å²) in [5.41, 5.74) is 0.686. The molecule has 1 heterocycles. The Bertz CT molecular complexity index is 442. The van der Waals surface area contributed by atoms with Gasteiger partial charge in [-0.2, -0.15) is 13.2 Å². The van der Waals surface area contributed by atoms with Gasteiger partial charge in [-0.3, -0.25) is 0 Å². The Kier molecular flexibility index (Phi) is 6.58. The van der Waals surface area contributed by atoms with Crippen LogP contribution in [0.1, 0.15) is 36.3 Å². The number of ether oxygens (including phenoxy) is 2. The number of nitrogens with zero attached hydrogens (tertiary/aromatic N) is 1. The van der Waals surface area contributed by atoms with Crippen molar-refractivity contribution in [1.82, 2.24) is 10.3 Å². The Labute approximate surface area is 126 Å². The quantitative estimate of drug-likeness (QED) is 0.835. The molecule has 122 valence electrons. The van der Waals surface area contributed by atoms with Crippen molar-refractivity contribution in [2.75, 3.05) is 13.7 Å². The zero-order valence-electron chi connectivity index (χ0n) is 12.6. The third-order valence-electron chi connectivity index (χ3n) is 2.37. The average Bonchev–Trinajstić information content (AvgIpc) is 2.67. The smallest absolute Gasteiger partial charge is 0.378 e. The fourth-order valence-corrected chi connectivity index (χ4v) is 2.43. The molecular weight excluding hydrogens is 305 g/mol. The SMILES string of the molecule is COCc1nc(COCC(F)(F)F)sc1CNC(C)(C)C. The van der Waals surface area contributed by atoms with Gasteiger partial charge in [-0.15, -0.1) is 11.3 Å². The topological polar surface area (TPSA) is 43.4 Å². The normalized spacial score (nSPS) is 12.9. The molecule has 0 aromatic carbocycles. The zero-order chi connectivity index (χ0) is 16.1. The molecule has 1 aromatic heterocycles. The maximum absolute atomic E-state index is 12.0. The van der Waals surface area contributed by atoms with E-state index in [1.165, 1.54) is 11.3 Å². The van der Waals surface area contributed by atoms with Gasteiger partial charge in [-0.1, -0.05) is 0 Å². The van der Waals surface area contributed by atoms with Crippen molar-refractivity contribution < 1.29 is 22.6 Å². The second kappa shape index (κ2) is 7.53. The van der Waals surface area contributed by atoms with Crippen molar-refractivity contribution >= 4 is 11.3 Å². The lowest BCUT2D eigenvalue weighted by Crippen LogP contribution is -2.35. The Hall–Kier alpha value is -0.700. The van der Waals surface area contributed by atoms with Crippen molar-refractivity contribution in [1.29, 1.82) is 0 Å². The molecule has 0 saturated heterocycles. The molecule has 0 saturated carbocycles. The Morgan fingerprint density at radius 1 is 1.19 bits per heavy atom. The summed E-state index contributed by atoms with van der Waals surface area (Å²) >= 11 is 1.34. The molecular formula is C13H21F3N2O2S. The van der Waals surface area contributed by atoms with Crippen LogP contribution in [-0.4, -0.2) is 30.4 Å². The van der Waals surface area contributed by atoms with Crippen LogP contribution in [0.3, 0.4) is 0 Å². The van der Waals surface area contributed by atoms with E-state index in [0.717, 1.165) is 10.6 Å². The number of hydrogen-bond donors (Lipinski definition) is 1. The summed E-state index contributed by atoms with van der Waals surface area (Å²) in [6.07, 6.45) is -4.32. The van der Waals surface area contributed by atoms with Gasteiger partial charge in [0.05, 0.1) is 18.9 Å². The number of rotatable bonds is 7. The summed E-state index contributed by atoms with van der Waals surface area (Å²) < 4.78 is 45.8. The van der Waals surface area contributed by atoms with Crippen LogP contribution in [0, 0.1) is 0 Å². The highest BCUT2D eigenvalue weighted by Crippen LogP contribution is 2.22. The van der Waals surface area contributed by atoms with Crippen LogP contribution in [0.4, 0.5) is 13.2 Å². The highest BCUT2D eigenvalue weighted by atomic mass is 32.1. The van der Waals surface area contributed by atoms with Crippen molar-refractivity contribution in [3.63, 3.8) is 0 Å². The van der Waals surface area contributed by atoms with Crippen LogP contribution in [0.5, 0.6) is 0 Å². The summed E-state index contributed by atoms with van der Waals surface area (Å²) in [5.74, 6) is 0. The lowest BCUT2D eigenvalue weighted by molar-refractivity contribution is -0.176. The van der Waals surface area contributed by atoms with Gasteiger partial charge in [0.15, 0.2) is 0 Å². The van der Waals surface area contributed by atoms with Gasteiger partial charge in [0.1, 0.15) is 11.6 Å². The number of aromatic nitrogens is 1. The first kappa shape index (κ1) is 18.3. The standard InChI is InChI=1S/C13H21F3N2O2S/c1-12(2,3)17-5-10-9(6-19-4)18-11(21-10)7-20-8-13(14,15)16/h17H,5-8H2,1-4H3. The number of thiazole rings is 1. The van der Waals surface area contributed by atoms with E-state index in [4.69, 9.17) is 4.74 Å². The molecule has 0 amide bonds. The maximum atomic E-state index is 12.0. The number of methoxy groups -OCH3 is 1. The Morgan fingerprint density at radius 3 is 2.38 bits per heavy atom. The molecule has 0 aliphatic carbocycles. The van der Waals surface area contributed by atoms with Gasteiger partial charge >= 0.3 is 6.18 Å². The molecule has 0 aliphatic rings. The van der Waals surface area contributed by atoms with Crippen LogP contribution in [0.25, 0.3) is 0 Å². The molecule has 4 nitrogen and oxygen atoms in total. The minimum atomic E-state index is -4.32. The molecule has 0 radical (unpaired) electrons. The van der Waals surface area contributed by atoms with Crippen LogP contribution in [-0.2, 0) is 29.2 Å². The van der Waals surface area contributed by atoms with Gasteiger partial charge in [-0.25, -0.2) is 4.98 Å². The molecule has 1 aromatic rings. The van der Waals surface area contributed by atoms with Crippen molar-refractivity contribution in [3.05, 3.63) is 15.6 Å². The fraction of sp³-hybridized carbons (Fsp3) is 0.769. The minimum Gasteiger partial charge on any atom is -0.378 e. The molecule has 0 aliphatic heterocycles. The van der Waals surface area contributed by atoms with Crippen molar-refractivity contribution in [3.8, 4) is 0 Å². The molecule has 0 fully saturated rings. The van der Waals surface area contributed by atoms with E-state index >= 15 is 0 Å². The molecule has 1 rings (SSSR count). The Morgan fingerprint density at radius 2 is 1.86 bits per heavy atom.